The van der Waals surface area contributed by atoms with E-state index in [-0.39, 0.29) is 16.8 Å². The molecule has 0 saturated carbocycles. The van der Waals surface area contributed by atoms with Crippen molar-refractivity contribution >= 4 is 23.3 Å². The molecule has 1 aliphatic rings. The van der Waals surface area contributed by atoms with Crippen molar-refractivity contribution in [1.82, 2.24) is 9.80 Å². The van der Waals surface area contributed by atoms with Gasteiger partial charge < -0.3 is 10.0 Å². The predicted molar refractivity (Wildman–Crippen MR) is 140 cm³/mol. The maximum Gasteiger partial charge on any atom is 0.433 e. The Hall–Kier alpha value is -3.50. The molecule has 39 heavy (non-hydrogen) atoms. The third kappa shape index (κ3) is 5.23. The molecule has 0 aliphatic carbocycles. The van der Waals surface area contributed by atoms with E-state index in [4.69, 9.17) is 5.73 Å². The van der Waals surface area contributed by atoms with Gasteiger partial charge in [0.05, 0.1) is 5.70 Å². The lowest BCUT2D eigenvalue weighted by atomic mass is 9.74. The Morgan fingerprint density at radius 2 is 1.49 bits per heavy atom. The highest BCUT2D eigenvalue weighted by Gasteiger charge is 2.71. The van der Waals surface area contributed by atoms with Gasteiger partial charge in [0, 0.05) is 18.5 Å². The van der Waals surface area contributed by atoms with E-state index in [0.717, 1.165) is 6.92 Å². The maximum absolute atomic E-state index is 14.6. The highest BCUT2D eigenvalue weighted by Crippen LogP contribution is 2.46. The molecule has 2 aromatic rings. The number of hydrogen-bond acceptors (Lipinski definition) is 5. The Balaban J connectivity index is 2.49. The minimum absolute atomic E-state index is 0.161. The van der Waals surface area contributed by atoms with Crippen molar-refractivity contribution in [3.63, 3.8) is 0 Å². The number of halogens is 3. The number of Topliss-reactive ketones (excluding diaryl/α,β-unsaturated/α-hetero) is 1. The molecule has 0 spiro atoms. The Morgan fingerprint density at radius 3 is 1.92 bits per heavy atom. The summed E-state index contributed by atoms with van der Waals surface area (Å²) in [5.74, 6) is -3.66. The van der Waals surface area contributed by atoms with Crippen LogP contribution in [0.4, 0.5) is 13.2 Å². The number of aliphatic hydroxyl groups is 1. The monoisotopic (exact) mass is 545 g/mol. The Labute approximate surface area is 226 Å². The second-order valence-corrected chi connectivity index (χ2v) is 10.5. The zero-order valence-electron chi connectivity index (χ0n) is 22.6. The number of hydrogen-bond donors (Lipinski definition) is 2. The van der Waals surface area contributed by atoms with Crippen molar-refractivity contribution < 1.29 is 32.7 Å². The summed E-state index contributed by atoms with van der Waals surface area (Å²) < 4.78 is 43.9. The van der Waals surface area contributed by atoms with E-state index in [1.165, 1.54) is 35.4 Å². The maximum atomic E-state index is 14.6. The summed E-state index contributed by atoms with van der Waals surface area (Å²) in [6, 6.07) is 14.4. The van der Waals surface area contributed by atoms with Gasteiger partial charge in [-0.25, -0.2) is 0 Å². The van der Waals surface area contributed by atoms with E-state index in [2.05, 4.69) is 0 Å². The predicted octanol–water partition coefficient (Wildman–Crippen LogP) is 4.12. The van der Waals surface area contributed by atoms with Gasteiger partial charge in [-0.3, -0.25) is 25.0 Å². The summed E-state index contributed by atoms with van der Waals surface area (Å²) in [5, 5.41) is 11.1. The smallest absolute Gasteiger partial charge is 0.366 e. The van der Waals surface area contributed by atoms with Crippen LogP contribution in [-0.2, 0) is 20.8 Å². The first kappa shape index (κ1) is 30.0. The number of amides is 2. The average molecular weight is 546 g/mol. The Kier molecular flexibility index (Phi) is 8.43. The molecule has 0 bridgehead atoms. The van der Waals surface area contributed by atoms with Crippen molar-refractivity contribution in [2.24, 2.45) is 17.6 Å². The quantitative estimate of drug-likeness (QED) is 0.486. The molecule has 10 heteroatoms. The normalized spacial score (nSPS) is 19.5. The minimum atomic E-state index is -5.52. The molecular weight excluding hydrogens is 511 g/mol. The first-order chi connectivity index (χ1) is 18.1. The lowest BCUT2D eigenvalue weighted by molar-refractivity contribution is -0.291. The van der Waals surface area contributed by atoms with Crippen molar-refractivity contribution in [1.29, 1.82) is 0 Å². The second-order valence-electron chi connectivity index (χ2n) is 10.5. The third-order valence-electron chi connectivity index (χ3n) is 7.05. The molecule has 7 nitrogen and oxygen atoms in total. The molecule has 0 fully saturated rings. The molecule has 0 radical (unpaired) electrons. The number of carbonyl (C=O) groups is 3. The third-order valence-corrected chi connectivity index (χ3v) is 7.05. The minimum Gasteiger partial charge on any atom is -0.366 e. The molecule has 2 aromatic carbocycles. The van der Waals surface area contributed by atoms with Gasteiger partial charge in [-0.15, -0.1) is 0 Å². The second kappa shape index (κ2) is 10.9. The molecule has 210 valence electrons. The highest BCUT2D eigenvalue weighted by atomic mass is 19.4. The van der Waals surface area contributed by atoms with Crippen LogP contribution in [0.5, 0.6) is 0 Å². The number of benzene rings is 2. The molecule has 0 saturated heterocycles. The standard InChI is InChI=1S/C29H34F3N3O4/c1-18(2)24-26(38)35(23(22-14-10-7-11-15-22)17-34(24)25(37)19(3)4)27(20(5)36,28(33,39)29(30,31)32)16-21-12-8-6-9-13-21/h6-15,17-19,24,39H,16,33H2,1-5H3. The van der Waals surface area contributed by atoms with E-state index < -0.39 is 59.3 Å². The molecule has 3 atom stereocenters. The van der Waals surface area contributed by atoms with E-state index in [1.54, 1.807) is 64.1 Å². The Bertz CT molecular complexity index is 1240. The van der Waals surface area contributed by atoms with Crippen LogP contribution in [0.15, 0.2) is 66.9 Å². The van der Waals surface area contributed by atoms with Crippen LogP contribution in [0.3, 0.4) is 0 Å². The van der Waals surface area contributed by atoms with Crippen LogP contribution in [0.2, 0.25) is 0 Å². The summed E-state index contributed by atoms with van der Waals surface area (Å²) in [7, 11) is 0. The first-order valence-electron chi connectivity index (χ1n) is 12.6. The van der Waals surface area contributed by atoms with Crippen LogP contribution in [0.25, 0.3) is 5.70 Å². The van der Waals surface area contributed by atoms with Crippen molar-refractivity contribution in [2.75, 3.05) is 0 Å². The number of rotatable bonds is 8. The molecule has 3 rings (SSSR count). The topological polar surface area (TPSA) is 104 Å². The number of ketones is 1. The van der Waals surface area contributed by atoms with Crippen LogP contribution in [0, 0.1) is 11.8 Å². The van der Waals surface area contributed by atoms with Crippen LogP contribution >= 0.6 is 0 Å². The first-order valence-corrected chi connectivity index (χ1v) is 12.6. The molecule has 3 N–H and O–H groups in total. The SMILES string of the molecule is CC(=O)C(Cc1ccccc1)(N1C(=O)C(C(C)C)N(C(=O)C(C)C)C=C1c1ccccc1)C(N)(O)C(F)(F)F. The molecular formula is C29H34F3N3O4. The lowest BCUT2D eigenvalue weighted by Crippen LogP contribution is -2.80. The zero-order valence-corrected chi connectivity index (χ0v) is 22.6. The number of carbonyl (C=O) groups excluding carboxylic acids is 3. The summed E-state index contributed by atoms with van der Waals surface area (Å²) in [6.07, 6.45) is -4.97. The summed E-state index contributed by atoms with van der Waals surface area (Å²) in [5.41, 5.74) is -1.13. The molecule has 1 aliphatic heterocycles. The van der Waals surface area contributed by atoms with Gasteiger partial charge in [-0.1, -0.05) is 88.4 Å². The zero-order chi connectivity index (χ0) is 29.3. The van der Waals surface area contributed by atoms with E-state index >= 15 is 0 Å². The van der Waals surface area contributed by atoms with Gasteiger partial charge in [0.2, 0.25) is 11.6 Å². The number of alkyl halides is 3. The van der Waals surface area contributed by atoms with Gasteiger partial charge in [-0.2, -0.15) is 13.2 Å². The van der Waals surface area contributed by atoms with Crippen LogP contribution in [0.1, 0.15) is 45.7 Å². The van der Waals surface area contributed by atoms with Crippen LogP contribution < -0.4 is 5.73 Å². The molecule has 1 heterocycles. The van der Waals surface area contributed by atoms with Gasteiger partial charge in [-0.05, 0) is 24.0 Å². The van der Waals surface area contributed by atoms with Gasteiger partial charge in [0.25, 0.3) is 5.91 Å². The number of nitrogens with zero attached hydrogens (tertiary/aromatic N) is 2. The summed E-state index contributed by atoms with van der Waals surface area (Å²) in [4.78, 5) is 43.1. The van der Waals surface area contributed by atoms with Crippen molar-refractivity contribution in [3.8, 4) is 0 Å². The summed E-state index contributed by atoms with van der Waals surface area (Å²) >= 11 is 0. The van der Waals surface area contributed by atoms with Gasteiger partial charge in [0.1, 0.15) is 6.04 Å². The van der Waals surface area contributed by atoms with Crippen molar-refractivity contribution in [2.45, 2.75) is 64.5 Å². The Morgan fingerprint density at radius 1 is 0.974 bits per heavy atom. The lowest BCUT2D eigenvalue weighted by Gasteiger charge is -2.54. The number of nitrogens with two attached hydrogens (primary N) is 1. The fourth-order valence-corrected chi connectivity index (χ4v) is 5.01. The van der Waals surface area contributed by atoms with Crippen LogP contribution in [-0.4, -0.2) is 56.0 Å². The molecule has 0 aromatic heterocycles. The van der Waals surface area contributed by atoms with Gasteiger partial charge >= 0.3 is 6.18 Å². The largest absolute Gasteiger partial charge is 0.433 e. The van der Waals surface area contributed by atoms with Gasteiger partial charge in [0.15, 0.2) is 11.3 Å². The fourth-order valence-electron chi connectivity index (χ4n) is 5.01. The average Bonchev–Trinajstić information content (AvgIpc) is 2.86. The molecule has 3 unspecified atom stereocenters. The van der Waals surface area contributed by atoms with E-state index in [0.29, 0.717) is 4.90 Å². The molecule has 2 amide bonds. The highest BCUT2D eigenvalue weighted by molar-refractivity contribution is 6.03. The van der Waals surface area contributed by atoms with E-state index in [9.17, 15) is 32.7 Å². The summed E-state index contributed by atoms with van der Waals surface area (Å²) in [6.45, 7) is 7.45. The fraction of sp³-hybridized carbons (Fsp3) is 0.414. The van der Waals surface area contributed by atoms with E-state index in [1.807, 2.05) is 0 Å². The van der Waals surface area contributed by atoms with Crippen molar-refractivity contribution in [3.05, 3.63) is 78.0 Å².